The molecule has 224 valence electrons. The lowest BCUT2D eigenvalue weighted by Gasteiger charge is -2.08. The smallest absolute Gasteiger partial charge is 0.189 e. The number of nitrogens with two attached hydrogens (primary N) is 1. The number of nitrogen functional groups attached to an aromatic ring is 1. The normalized spacial score (nSPS) is 8.64. The van der Waals surface area contributed by atoms with E-state index in [2.05, 4.69) is 103 Å². The third-order valence-electron chi connectivity index (χ3n) is 5.24. The molecule has 0 fully saturated rings. The van der Waals surface area contributed by atoms with E-state index in [9.17, 15) is 8.42 Å². The summed E-state index contributed by atoms with van der Waals surface area (Å²) in [5.74, 6) is 0.110. The van der Waals surface area contributed by atoms with Crippen molar-refractivity contribution >= 4 is 48.4 Å². The van der Waals surface area contributed by atoms with Gasteiger partial charge < -0.3 is 5.73 Å². The number of benzene rings is 1. The van der Waals surface area contributed by atoms with E-state index >= 15 is 0 Å². The number of hydrogen-bond donors (Lipinski definition) is 1. The molecule has 7 heteroatoms. The van der Waals surface area contributed by atoms with Crippen molar-refractivity contribution in [2.24, 2.45) is 0 Å². The van der Waals surface area contributed by atoms with Gasteiger partial charge in [-0.2, -0.15) is 0 Å². The topological polar surface area (TPSA) is 73.0 Å². The molecule has 0 atom stereocenters. The van der Waals surface area contributed by atoms with Gasteiger partial charge in [0, 0.05) is 5.39 Å². The van der Waals surface area contributed by atoms with E-state index in [0.717, 1.165) is 33.5 Å². The first-order valence-corrected chi connectivity index (χ1v) is 16.5. The number of fused-ring (bicyclic) bond motifs is 1. The first kappa shape index (κ1) is 37.6. The van der Waals surface area contributed by atoms with Gasteiger partial charge in [-0.25, -0.2) is 13.4 Å². The maximum absolute atomic E-state index is 12.8. The van der Waals surface area contributed by atoms with Crippen molar-refractivity contribution in [3.8, 4) is 21.7 Å². The number of thiophene rings is 2. The number of hydrogen-bond acceptors (Lipinski definition) is 6. The predicted octanol–water partition coefficient (Wildman–Crippen LogP) is 9.96. The van der Waals surface area contributed by atoms with Gasteiger partial charge in [-0.05, 0) is 103 Å². The van der Waals surface area contributed by atoms with Gasteiger partial charge in [0.2, 0.25) is 0 Å². The summed E-state index contributed by atoms with van der Waals surface area (Å²) >= 11 is 2.79. The van der Waals surface area contributed by atoms with E-state index in [1.807, 2.05) is 60.8 Å². The molecule has 0 saturated carbocycles. The number of sulfone groups is 1. The molecule has 0 amide bonds. The van der Waals surface area contributed by atoms with Crippen molar-refractivity contribution in [2.45, 2.75) is 24.0 Å². The highest BCUT2D eigenvalue weighted by molar-refractivity contribution is 7.93. The Morgan fingerprint density at radius 2 is 1.40 bits per heavy atom. The van der Waals surface area contributed by atoms with Gasteiger partial charge in [-0.3, -0.25) is 0 Å². The molecule has 2 N–H and O–H groups in total. The molecule has 1 aromatic carbocycles. The van der Waals surface area contributed by atoms with E-state index in [1.54, 1.807) is 11.3 Å². The number of pyridine rings is 1. The van der Waals surface area contributed by atoms with Crippen LogP contribution in [0.2, 0.25) is 0 Å². The fourth-order valence-electron chi connectivity index (χ4n) is 3.37. The van der Waals surface area contributed by atoms with Crippen LogP contribution in [0.25, 0.3) is 31.9 Å². The molecule has 45 heavy (non-hydrogen) atoms. The summed E-state index contributed by atoms with van der Waals surface area (Å²) < 4.78 is 25.9. The van der Waals surface area contributed by atoms with Gasteiger partial charge in [0.05, 0.1) is 22.0 Å². The molecular weight excluding hydrogens is 613 g/mol. The standard InChI is InChI=1S/C21H20N2O2S3.C8H4.C5H4.C4H4/c1-2-3-12-28(24,25)21-19(22)18-15(14-8-5-4-6-9-14)13-16(23-20(18)27-21)17-10-7-11-26-17;1-3-5-7-8-6-4-2;1-3-5-4-2;1-3-4-2/h4-11,13H,2-3,12,22H2,1H3;1-2H2;1-2H2;1-2H2. The number of nitrogens with zero attached hydrogens (tertiary/aromatic N) is 1. The van der Waals surface area contributed by atoms with Crippen molar-refractivity contribution in [3.63, 3.8) is 0 Å². The Morgan fingerprint density at radius 1 is 0.800 bits per heavy atom. The summed E-state index contributed by atoms with van der Waals surface area (Å²) in [6, 6.07) is 15.9. The van der Waals surface area contributed by atoms with Gasteiger partial charge >= 0.3 is 0 Å². The summed E-state index contributed by atoms with van der Waals surface area (Å²) in [6.45, 7) is 21.3. The van der Waals surface area contributed by atoms with Crippen LogP contribution < -0.4 is 5.73 Å². The second kappa shape index (κ2) is 21.3. The average molecular weight is 645 g/mol. The van der Waals surface area contributed by atoms with Crippen LogP contribution in [0.3, 0.4) is 0 Å². The van der Waals surface area contributed by atoms with E-state index in [0.29, 0.717) is 16.9 Å². The molecule has 0 bridgehead atoms. The van der Waals surface area contributed by atoms with Gasteiger partial charge in [0.15, 0.2) is 9.84 Å². The van der Waals surface area contributed by atoms with E-state index < -0.39 is 9.84 Å². The SMILES string of the molecule is C=C=C=C.C=C=C=C=C.C=C=C=C=C=C=C=C.CCCCS(=O)(=O)c1sc2nc(-c3cccs3)cc(-c3ccccc3)c2c1N. The molecule has 3 heterocycles. The largest absolute Gasteiger partial charge is 0.396 e. The summed E-state index contributed by atoms with van der Waals surface area (Å²) in [6.07, 6.45) is 1.44. The average Bonchev–Trinajstić information content (AvgIpc) is 3.72. The Labute approximate surface area is 274 Å². The lowest BCUT2D eigenvalue weighted by Crippen LogP contribution is -2.06. The molecule has 4 rings (SSSR count). The first-order valence-electron chi connectivity index (χ1n) is 13.2. The van der Waals surface area contributed by atoms with Crippen molar-refractivity contribution in [3.05, 3.63) is 156 Å². The fraction of sp³-hybridized carbons (Fsp3) is 0.105. The monoisotopic (exact) mass is 644 g/mol. The minimum Gasteiger partial charge on any atom is -0.396 e. The second-order valence-electron chi connectivity index (χ2n) is 8.24. The van der Waals surface area contributed by atoms with Crippen LogP contribution in [0, 0.1) is 0 Å². The summed E-state index contributed by atoms with van der Waals surface area (Å²) in [5, 5.41) is 2.74. The zero-order valence-electron chi connectivity index (χ0n) is 25.1. The lowest BCUT2D eigenvalue weighted by molar-refractivity contribution is 0.595. The third kappa shape index (κ3) is 12.4. The van der Waals surface area contributed by atoms with Gasteiger partial charge in [-0.15, -0.1) is 22.7 Å². The molecular formula is C38H32N2O2S3. The van der Waals surface area contributed by atoms with E-state index in [4.69, 9.17) is 10.7 Å². The molecule has 0 radical (unpaired) electrons. The number of rotatable bonds is 6. The third-order valence-corrected chi connectivity index (χ3v) is 9.65. The van der Waals surface area contributed by atoms with Gasteiger partial charge in [0.25, 0.3) is 0 Å². The highest BCUT2D eigenvalue weighted by Gasteiger charge is 2.25. The molecule has 3 aromatic heterocycles. The predicted molar refractivity (Wildman–Crippen MR) is 192 cm³/mol. The van der Waals surface area contributed by atoms with Crippen LogP contribution in [0.4, 0.5) is 5.69 Å². The summed E-state index contributed by atoms with van der Waals surface area (Å²) in [7, 11) is -3.42. The summed E-state index contributed by atoms with van der Waals surface area (Å²) in [4.78, 5) is 6.47. The van der Waals surface area contributed by atoms with Crippen molar-refractivity contribution < 1.29 is 8.42 Å². The zero-order valence-corrected chi connectivity index (χ0v) is 27.6. The number of unbranched alkanes of at least 4 members (excludes halogenated alkanes) is 1. The molecule has 0 aliphatic rings. The van der Waals surface area contributed by atoms with Gasteiger partial charge in [-0.1, -0.05) is 84.1 Å². The molecule has 4 nitrogen and oxygen atoms in total. The molecule has 4 aromatic rings. The van der Waals surface area contributed by atoms with Crippen LogP contribution in [-0.4, -0.2) is 19.2 Å². The first-order chi connectivity index (χ1) is 21.8. The van der Waals surface area contributed by atoms with Crippen LogP contribution in [0.15, 0.2) is 161 Å². The maximum Gasteiger partial charge on any atom is 0.189 e. The fourth-order valence-corrected chi connectivity index (χ4v) is 7.19. The summed E-state index contributed by atoms with van der Waals surface area (Å²) in [5.41, 5.74) is 35.7. The minimum atomic E-state index is -3.42. The molecule has 0 aliphatic carbocycles. The quantitative estimate of drug-likeness (QED) is 0.212. The Kier molecular flexibility index (Phi) is 17.8. The van der Waals surface area contributed by atoms with Crippen molar-refractivity contribution in [1.29, 1.82) is 0 Å². The van der Waals surface area contributed by atoms with Gasteiger partial charge in [0.1, 0.15) is 9.04 Å². The molecule has 0 saturated heterocycles. The molecule has 0 unspecified atom stereocenters. The highest BCUT2D eigenvalue weighted by Crippen LogP contribution is 2.43. The Hall–Kier alpha value is -5.42. The van der Waals surface area contributed by atoms with Crippen molar-refractivity contribution in [1.82, 2.24) is 4.98 Å². The maximum atomic E-state index is 12.8. The van der Waals surface area contributed by atoms with Crippen LogP contribution in [0.1, 0.15) is 19.8 Å². The molecule has 0 spiro atoms. The van der Waals surface area contributed by atoms with E-state index in [-0.39, 0.29) is 9.96 Å². The van der Waals surface area contributed by atoms with Crippen LogP contribution >= 0.6 is 22.7 Å². The second-order valence-corrected chi connectivity index (χ2v) is 12.5. The zero-order chi connectivity index (χ0) is 33.5. The Bertz CT molecular complexity index is 2050. The highest BCUT2D eigenvalue weighted by atomic mass is 32.2. The van der Waals surface area contributed by atoms with E-state index in [1.165, 1.54) is 11.3 Å². The van der Waals surface area contributed by atoms with Crippen LogP contribution in [-0.2, 0) is 9.84 Å². The van der Waals surface area contributed by atoms with Crippen LogP contribution in [0.5, 0.6) is 0 Å². The number of anilines is 1. The Morgan fingerprint density at radius 3 is 1.87 bits per heavy atom. The Balaban J connectivity index is 0.000000492. The molecule has 0 aliphatic heterocycles. The van der Waals surface area contributed by atoms with Crippen molar-refractivity contribution in [2.75, 3.05) is 11.5 Å². The lowest BCUT2D eigenvalue weighted by atomic mass is 10.0. The number of aromatic nitrogens is 1. The minimum absolute atomic E-state index is 0.110.